The number of hydrogen-bond acceptors (Lipinski definition) is 10. The number of amides is 3. The molecule has 1 N–H and O–H groups in total. The number of aromatic nitrogens is 2. The fourth-order valence-electron chi connectivity index (χ4n) is 5.14. The van der Waals surface area contributed by atoms with Gasteiger partial charge in [0.25, 0.3) is 5.91 Å². The van der Waals surface area contributed by atoms with Gasteiger partial charge in [-0.1, -0.05) is 12.1 Å². The van der Waals surface area contributed by atoms with Crippen molar-refractivity contribution in [2.75, 3.05) is 28.2 Å². The summed E-state index contributed by atoms with van der Waals surface area (Å²) in [5, 5.41) is 8.80. The van der Waals surface area contributed by atoms with E-state index in [0.717, 1.165) is 45.6 Å². The van der Waals surface area contributed by atoms with Crippen molar-refractivity contribution < 1.29 is 14.4 Å². The first-order valence-corrected chi connectivity index (χ1v) is 15.1. The summed E-state index contributed by atoms with van der Waals surface area (Å²) >= 11 is 3.36. The fraction of sp³-hybridized carbons (Fsp3) is 0.464. The van der Waals surface area contributed by atoms with E-state index >= 15 is 0 Å². The van der Waals surface area contributed by atoms with Crippen LogP contribution in [0.5, 0.6) is 0 Å². The molecule has 2 aromatic heterocycles. The van der Waals surface area contributed by atoms with E-state index in [1.54, 1.807) is 27.6 Å². The predicted molar refractivity (Wildman–Crippen MR) is 162 cm³/mol. The quantitative estimate of drug-likeness (QED) is 0.328. The molecule has 0 bridgehead atoms. The van der Waals surface area contributed by atoms with Crippen LogP contribution in [0.25, 0.3) is 0 Å². The Balaban J connectivity index is 0.00000387. The SMILES string of the molecule is CN(C)Cc1nc(CN(Cc2ccc3c(c2)CN(C2CCC(=O)NC2=O)C3=O)Cc2csc(CN(C)C)n2)cs1.Cl. The maximum absolute atomic E-state index is 13.1. The molecule has 1 atom stereocenters. The summed E-state index contributed by atoms with van der Waals surface area (Å²) in [6.45, 7) is 4.03. The molecule has 0 spiro atoms. The van der Waals surface area contributed by atoms with E-state index < -0.39 is 11.9 Å². The maximum Gasteiger partial charge on any atom is 0.255 e. The molecule has 10 nitrogen and oxygen atoms in total. The number of nitrogens with one attached hydrogen (secondary N) is 1. The summed E-state index contributed by atoms with van der Waals surface area (Å²) in [5.41, 5.74) is 4.69. The topological polar surface area (TPSA) is 102 Å². The zero-order valence-electron chi connectivity index (χ0n) is 23.8. The van der Waals surface area contributed by atoms with Crippen LogP contribution in [-0.2, 0) is 48.9 Å². The standard InChI is InChI=1S/C28H35N7O3S2.ClH/c1-32(2)14-25-29-20(16-39-25)12-34(13-21-17-40-26(30-21)15-33(3)4)10-18-5-6-22-19(9-18)11-35(28(22)38)23-7-8-24(36)31-27(23)37;/h5-6,9,16-17,23H,7-8,10-15H2,1-4H3,(H,31,36,37);1H. The van der Waals surface area contributed by atoms with Gasteiger partial charge in [-0.15, -0.1) is 35.1 Å². The first kappa shape index (κ1) is 31.2. The molecule has 13 heteroatoms. The van der Waals surface area contributed by atoms with Crippen molar-refractivity contribution in [3.63, 3.8) is 0 Å². The molecule has 1 unspecified atom stereocenters. The van der Waals surface area contributed by atoms with Crippen LogP contribution in [0.15, 0.2) is 29.0 Å². The first-order chi connectivity index (χ1) is 19.1. The molecule has 2 aliphatic rings. The Kier molecular flexibility index (Phi) is 10.3. The summed E-state index contributed by atoms with van der Waals surface area (Å²) in [7, 11) is 8.17. The summed E-state index contributed by atoms with van der Waals surface area (Å²) in [6.07, 6.45) is 0.606. The highest BCUT2D eigenvalue weighted by molar-refractivity contribution is 7.09. The number of carbonyl (C=O) groups is 3. The second kappa shape index (κ2) is 13.5. The van der Waals surface area contributed by atoms with E-state index in [4.69, 9.17) is 9.97 Å². The number of fused-ring (bicyclic) bond motifs is 1. The van der Waals surface area contributed by atoms with Crippen molar-refractivity contribution in [2.24, 2.45) is 0 Å². The average Bonchev–Trinajstić information content (AvgIpc) is 3.58. The molecule has 3 aromatic rings. The third-order valence-electron chi connectivity index (χ3n) is 6.87. The highest BCUT2D eigenvalue weighted by Gasteiger charge is 2.39. The number of nitrogens with zero attached hydrogens (tertiary/aromatic N) is 6. The van der Waals surface area contributed by atoms with Crippen LogP contribution in [0, 0.1) is 0 Å². The van der Waals surface area contributed by atoms with Crippen LogP contribution in [0.1, 0.15) is 55.7 Å². The van der Waals surface area contributed by atoms with Gasteiger partial charge in [-0.3, -0.25) is 24.6 Å². The fourth-order valence-corrected chi connectivity index (χ4v) is 6.94. The van der Waals surface area contributed by atoms with Gasteiger partial charge in [0, 0.05) is 62.0 Å². The molecule has 1 fully saturated rings. The Hall–Kier alpha value is -2.74. The summed E-state index contributed by atoms with van der Waals surface area (Å²) < 4.78 is 0. The minimum atomic E-state index is -0.611. The van der Waals surface area contributed by atoms with E-state index in [0.29, 0.717) is 38.2 Å². The number of hydrogen-bond donors (Lipinski definition) is 1. The van der Waals surface area contributed by atoms with Gasteiger partial charge in [0.15, 0.2) is 0 Å². The average molecular weight is 618 g/mol. The van der Waals surface area contributed by atoms with E-state index in [2.05, 4.69) is 36.8 Å². The van der Waals surface area contributed by atoms with Gasteiger partial charge in [-0.05, 0) is 51.8 Å². The number of halogens is 1. The van der Waals surface area contributed by atoms with Crippen molar-refractivity contribution >= 4 is 52.8 Å². The van der Waals surface area contributed by atoms with Gasteiger partial charge in [0.05, 0.1) is 11.4 Å². The molecule has 41 heavy (non-hydrogen) atoms. The predicted octanol–water partition coefficient (Wildman–Crippen LogP) is 3.11. The highest BCUT2D eigenvalue weighted by Crippen LogP contribution is 2.29. The largest absolute Gasteiger partial charge is 0.322 e. The first-order valence-electron chi connectivity index (χ1n) is 13.3. The van der Waals surface area contributed by atoms with E-state index in [1.165, 1.54) is 0 Å². The van der Waals surface area contributed by atoms with Crippen LogP contribution in [0.2, 0.25) is 0 Å². The van der Waals surface area contributed by atoms with Crippen molar-refractivity contribution in [3.8, 4) is 0 Å². The number of imide groups is 1. The molecule has 0 aliphatic carbocycles. The van der Waals surface area contributed by atoms with Crippen LogP contribution in [-0.4, -0.2) is 81.5 Å². The maximum atomic E-state index is 13.1. The smallest absolute Gasteiger partial charge is 0.255 e. The minimum Gasteiger partial charge on any atom is -0.322 e. The van der Waals surface area contributed by atoms with Gasteiger partial charge in [0.2, 0.25) is 11.8 Å². The Morgan fingerprint density at radius 3 is 2.07 bits per heavy atom. The van der Waals surface area contributed by atoms with Crippen LogP contribution >= 0.6 is 35.1 Å². The lowest BCUT2D eigenvalue weighted by Gasteiger charge is -2.29. The molecule has 0 radical (unpaired) electrons. The van der Waals surface area contributed by atoms with Gasteiger partial charge >= 0.3 is 0 Å². The molecular formula is C28H36ClN7O3S2. The van der Waals surface area contributed by atoms with Gasteiger partial charge in [0.1, 0.15) is 16.1 Å². The molecule has 1 saturated heterocycles. The molecule has 4 heterocycles. The number of thiazole rings is 2. The van der Waals surface area contributed by atoms with E-state index in [-0.39, 0.29) is 30.6 Å². The van der Waals surface area contributed by atoms with Crippen molar-refractivity contribution in [1.82, 2.24) is 34.9 Å². The number of benzene rings is 1. The van der Waals surface area contributed by atoms with Gasteiger partial charge in [-0.25, -0.2) is 9.97 Å². The minimum absolute atomic E-state index is 0. The zero-order valence-corrected chi connectivity index (χ0v) is 26.2. The van der Waals surface area contributed by atoms with E-state index in [1.807, 2.05) is 40.3 Å². The van der Waals surface area contributed by atoms with Crippen LogP contribution < -0.4 is 5.32 Å². The van der Waals surface area contributed by atoms with Crippen LogP contribution in [0.4, 0.5) is 0 Å². The molecule has 0 saturated carbocycles. The molecule has 3 amide bonds. The molecular weight excluding hydrogens is 582 g/mol. The molecule has 5 rings (SSSR count). The molecule has 2 aliphatic heterocycles. The third-order valence-corrected chi connectivity index (χ3v) is 8.63. The number of piperidine rings is 1. The second-order valence-corrected chi connectivity index (χ2v) is 12.9. The lowest BCUT2D eigenvalue weighted by Crippen LogP contribution is -2.52. The van der Waals surface area contributed by atoms with Crippen molar-refractivity contribution in [1.29, 1.82) is 0 Å². The lowest BCUT2D eigenvalue weighted by atomic mass is 10.0. The second-order valence-electron chi connectivity index (χ2n) is 11.0. The molecule has 1 aromatic carbocycles. The summed E-state index contributed by atoms with van der Waals surface area (Å²) in [6, 6.07) is 5.32. The third kappa shape index (κ3) is 7.76. The number of rotatable bonds is 11. The number of carbonyl (C=O) groups excluding carboxylic acids is 3. The van der Waals surface area contributed by atoms with E-state index in [9.17, 15) is 14.4 Å². The Bertz CT molecular complexity index is 1360. The summed E-state index contributed by atoms with van der Waals surface area (Å²) in [5.74, 6) is -0.826. The zero-order chi connectivity index (χ0) is 28.4. The van der Waals surface area contributed by atoms with Crippen LogP contribution in [0.3, 0.4) is 0 Å². The molecule has 220 valence electrons. The summed E-state index contributed by atoms with van der Waals surface area (Å²) in [4.78, 5) is 55.0. The Labute approximate surface area is 254 Å². The van der Waals surface area contributed by atoms with Gasteiger partial charge in [-0.2, -0.15) is 0 Å². The highest BCUT2D eigenvalue weighted by atomic mass is 35.5. The van der Waals surface area contributed by atoms with Gasteiger partial charge < -0.3 is 14.7 Å². The van der Waals surface area contributed by atoms with Crippen molar-refractivity contribution in [2.45, 2.75) is 58.2 Å². The normalized spacial score (nSPS) is 17.0. The Morgan fingerprint density at radius 2 is 1.51 bits per heavy atom. The monoisotopic (exact) mass is 617 g/mol. The Morgan fingerprint density at radius 1 is 0.902 bits per heavy atom. The lowest BCUT2D eigenvalue weighted by molar-refractivity contribution is -0.136. The van der Waals surface area contributed by atoms with Crippen molar-refractivity contribution in [3.05, 3.63) is 67.1 Å².